The summed E-state index contributed by atoms with van der Waals surface area (Å²) in [5.41, 5.74) is 2.44. The van der Waals surface area contributed by atoms with Crippen LogP contribution < -0.4 is 9.47 Å². The third kappa shape index (κ3) is 2.29. The maximum absolute atomic E-state index is 12.6. The molecule has 4 rings (SSSR count). The first-order valence-corrected chi connectivity index (χ1v) is 7.64. The number of ether oxygens (including phenoxy) is 2. The number of rotatable bonds is 3. The van der Waals surface area contributed by atoms with Crippen LogP contribution in [0.2, 0.25) is 0 Å². The van der Waals surface area contributed by atoms with Crippen molar-refractivity contribution in [2.45, 2.75) is 18.8 Å². The number of methoxy groups -OCH3 is 2. The Balaban J connectivity index is 1.73. The van der Waals surface area contributed by atoms with Crippen molar-refractivity contribution in [2.75, 3.05) is 14.2 Å². The zero-order chi connectivity index (χ0) is 16.7. The number of carbonyl (C=O) groups is 1. The molecule has 3 aromatic rings. The molecule has 2 heterocycles. The summed E-state index contributed by atoms with van der Waals surface area (Å²) in [5, 5.41) is 4.04. The van der Waals surface area contributed by atoms with Crippen LogP contribution in [0.25, 0.3) is 5.78 Å². The van der Waals surface area contributed by atoms with E-state index in [4.69, 9.17) is 9.47 Å². The van der Waals surface area contributed by atoms with Gasteiger partial charge in [-0.15, -0.1) is 0 Å². The van der Waals surface area contributed by atoms with Crippen LogP contribution >= 0.6 is 0 Å². The van der Waals surface area contributed by atoms with Crippen molar-refractivity contribution in [3.63, 3.8) is 0 Å². The monoisotopic (exact) mass is 324 g/mol. The highest BCUT2D eigenvalue weighted by atomic mass is 16.5. The average Bonchev–Trinajstić information content (AvgIpc) is 3.06. The lowest BCUT2D eigenvalue weighted by Crippen LogP contribution is -2.21. The van der Waals surface area contributed by atoms with Gasteiger partial charge in [-0.05, 0) is 30.0 Å². The van der Waals surface area contributed by atoms with E-state index < -0.39 is 0 Å². The maximum atomic E-state index is 12.6. The van der Waals surface area contributed by atoms with E-state index in [9.17, 15) is 4.79 Å². The number of carbonyl (C=O) groups excluding carboxylic acids is 1. The Labute approximate surface area is 138 Å². The molecule has 0 radical (unpaired) electrons. The number of benzene rings is 1. The minimum atomic E-state index is 0.0580. The van der Waals surface area contributed by atoms with Crippen LogP contribution in [-0.2, 0) is 6.42 Å². The predicted molar refractivity (Wildman–Crippen MR) is 85.7 cm³/mol. The zero-order valence-electron chi connectivity index (χ0n) is 13.4. The molecule has 0 amide bonds. The second kappa shape index (κ2) is 5.59. The topological polar surface area (TPSA) is 78.6 Å². The molecule has 7 heteroatoms. The average molecular weight is 324 g/mol. The molecule has 1 unspecified atom stereocenters. The van der Waals surface area contributed by atoms with E-state index in [1.165, 1.54) is 10.8 Å². The van der Waals surface area contributed by atoms with E-state index in [1.54, 1.807) is 20.4 Å². The molecule has 1 aromatic carbocycles. The fourth-order valence-corrected chi connectivity index (χ4v) is 3.16. The summed E-state index contributed by atoms with van der Waals surface area (Å²) < 4.78 is 12.2. The van der Waals surface area contributed by atoms with Crippen LogP contribution in [0.1, 0.15) is 34.0 Å². The third-order valence-electron chi connectivity index (χ3n) is 4.40. The molecule has 0 spiro atoms. The summed E-state index contributed by atoms with van der Waals surface area (Å²) in [4.78, 5) is 21.1. The van der Waals surface area contributed by atoms with Crippen LogP contribution in [0.15, 0.2) is 30.7 Å². The van der Waals surface area contributed by atoms with E-state index in [0.717, 1.165) is 11.3 Å². The van der Waals surface area contributed by atoms with Crippen LogP contribution in [-0.4, -0.2) is 39.6 Å². The normalized spacial score (nSPS) is 16.9. The van der Waals surface area contributed by atoms with E-state index in [1.807, 2.05) is 18.2 Å². The number of nitrogens with zero attached hydrogens (tertiary/aromatic N) is 4. The lowest BCUT2D eigenvalue weighted by Gasteiger charge is -2.23. The maximum Gasteiger partial charge on any atom is 0.252 e. The highest BCUT2D eigenvalue weighted by molar-refractivity contribution is 5.98. The molecule has 2 aromatic heterocycles. The zero-order valence-corrected chi connectivity index (χ0v) is 13.4. The predicted octanol–water partition coefficient (Wildman–Crippen LogP) is 2.05. The van der Waals surface area contributed by atoms with Crippen LogP contribution in [0.5, 0.6) is 11.5 Å². The van der Waals surface area contributed by atoms with Gasteiger partial charge >= 0.3 is 0 Å². The lowest BCUT2D eigenvalue weighted by molar-refractivity contribution is 0.0962. The molecule has 1 atom stereocenters. The molecular formula is C17H16N4O3. The minimum absolute atomic E-state index is 0.0580. The molecular weight excluding hydrogens is 308 g/mol. The Morgan fingerprint density at radius 3 is 2.79 bits per heavy atom. The van der Waals surface area contributed by atoms with Gasteiger partial charge in [0.15, 0.2) is 17.3 Å². The van der Waals surface area contributed by atoms with Gasteiger partial charge in [-0.1, -0.05) is 6.07 Å². The third-order valence-corrected chi connectivity index (χ3v) is 4.40. The van der Waals surface area contributed by atoms with Gasteiger partial charge in [-0.2, -0.15) is 10.1 Å². The summed E-state index contributed by atoms with van der Waals surface area (Å²) >= 11 is 0. The molecule has 0 N–H and O–H groups in total. The molecule has 24 heavy (non-hydrogen) atoms. The number of Topliss-reactive ketones (excluding diaryl/α,β-unsaturated/α-hetero) is 1. The van der Waals surface area contributed by atoms with Crippen molar-refractivity contribution < 1.29 is 14.3 Å². The number of hydrogen-bond donors (Lipinski definition) is 0. The first kappa shape index (κ1) is 14.6. The first-order chi connectivity index (χ1) is 11.7. The number of hydrogen-bond acceptors (Lipinski definition) is 6. The quantitative estimate of drug-likeness (QED) is 0.734. The Morgan fingerprint density at radius 1 is 1.17 bits per heavy atom. The SMILES string of the molecule is COc1ccc(C2CC(=O)c3cn4ncnc4nc3C2)cc1OC. The summed E-state index contributed by atoms with van der Waals surface area (Å²) in [6.45, 7) is 0. The Kier molecular flexibility index (Phi) is 3.41. The van der Waals surface area contributed by atoms with Gasteiger partial charge in [0.05, 0.1) is 25.5 Å². The van der Waals surface area contributed by atoms with Crippen molar-refractivity contribution in [2.24, 2.45) is 0 Å². The van der Waals surface area contributed by atoms with Crippen LogP contribution in [0, 0.1) is 0 Å². The van der Waals surface area contributed by atoms with Crippen molar-refractivity contribution in [3.05, 3.63) is 47.5 Å². The van der Waals surface area contributed by atoms with Gasteiger partial charge in [0.2, 0.25) is 0 Å². The van der Waals surface area contributed by atoms with Crippen molar-refractivity contribution in [3.8, 4) is 11.5 Å². The molecule has 0 aliphatic heterocycles. The molecule has 1 aliphatic rings. The molecule has 0 saturated carbocycles. The lowest BCUT2D eigenvalue weighted by atomic mass is 9.82. The highest BCUT2D eigenvalue weighted by Gasteiger charge is 2.29. The first-order valence-electron chi connectivity index (χ1n) is 7.64. The van der Waals surface area contributed by atoms with Crippen molar-refractivity contribution in [1.82, 2.24) is 19.6 Å². The number of fused-ring (bicyclic) bond motifs is 2. The van der Waals surface area contributed by atoms with E-state index in [2.05, 4.69) is 15.1 Å². The van der Waals surface area contributed by atoms with Crippen LogP contribution in [0.3, 0.4) is 0 Å². The standard InChI is InChI=1S/C17H16N4O3/c1-23-15-4-3-10(7-16(15)24-2)11-5-13-12(14(22)6-11)8-21-17(20-13)18-9-19-21/h3-4,7-9,11H,5-6H2,1-2H3. The smallest absolute Gasteiger partial charge is 0.252 e. The molecule has 0 fully saturated rings. The summed E-state index contributed by atoms with van der Waals surface area (Å²) in [7, 11) is 3.21. The minimum Gasteiger partial charge on any atom is -0.493 e. The van der Waals surface area contributed by atoms with Crippen molar-refractivity contribution >= 4 is 11.6 Å². The van der Waals surface area contributed by atoms with Gasteiger partial charge in [-0.25, -0.2) is 9.50 Å². The van der Waals surface area contributed by atoms with E-state index in [0.29, 0.717) is 35.7 Å². The van der Waals surface area contributed by atoms with Crippen molar-refractivity contribution in [1.29, 1.82) is 0 Å². The van der Waals surface area contributed by atoms with Gasteiger partial charge in [0, 0.05) is 12.6 Å². The Morgan fingerprint density at radius 2 is 2.00 bits per heavy atom. The van der Waals surface area contributed by atoms with E-state index in [-0.39, 0.29) is 11.7 Å². The summed E-state index contributed by atoms with van der Waals surface area (Å²) in [6.07, 6.45) is 4.27. The fourth-order valence-electron chi connectivity index (χ4n) is 3.16. The molecule has 0 saturated heterocycles. The van der Waals surface area contributed by atoms with Gasteiger partial charge in [0.1, 0.15) is 6.33 Å². The number of aromatic nitrogens is 4. The van der Waals surface area contributed by atoms with Gasteiger partial charge < -0.3 is 9.47 Å². The summed E-state index contributed by atoms with van der Waals surface area (Å²) in [6, 6.07) is 5.76. The Hall–Kier alpha value is -2.96. The molecule has 7 nitrogen and oxygen atoms in total. The fraction of sp³-hybridized carbons (Fsp3) is 0.294. The summed E-state index contributed by atoms with van der Waals surface area (Å²) in [5.74, 6) is 1.97. The molecule has 122 valence electrons. The highest BCUT2D eigenvalue weighted by Crippen LogP contribution is 2.36. The molecule has 0 bridgehead atoms. The second-order valence-corrected chi connectivity index (χ2v) is 5.75. The van der Waals surface area contributed by atoms with Gasteiger partial charge in [-0.3, -0.25) is 4.79 Å². The molecule has 1 aliphatic carbocycles. The van der Waals surface area contributed by atoms with Gasteiger partial charge in [0.25, 0.3) is 5.78 Å². The van der Waals surface area contributed by atoms with Crippen LogP contribution in [0.4, 0.5) is 0 Å². The Bertz CT molecular complexity index is 935. The largest absolute Gasteiger partial charge is 0.493 e. The second-order valence-electron chi connectivity index (χ2n) is 5.75. The van der Waals surface area contributed by atoms with E-state index >= 15 is 0 Å². The number of ketones is 1.